The van der Waals surface area contributed by atoms with Crippen molar-refractivity contribution in [1.82, 2.24) is 14.2 Å². The summed E-state index contributed by atoms with van der Waals surface area (Å²) in [5.41, 5.74) is 0. The van der Waals surface area contributed by atoms with E-state index >= 15 is 0 Å². The van der Waals surface area contributed by atoms with E-state index in [-0.39, 0.29) is 35.8 Å². The van der Waals surface area contributed by atoms with Gasteiger partial charge in [-0.05, 0) is 18.6 Å². The third kappa shape index (κ3) is 3.88. The number of amides is 1. The third-order valence-electron chi connectivity index (χ3n) is 4.16. The highest BCUT2D eigenvalue weighted by atomic mass is 35.5. The molecule has 2 saturated heterocycles. The first-order valence-electron chi connectivity index (χ1n) is 7.47. The van der Waals surface area contributed by atoms with Gasteiger partial charge >= 0.3 is 0 Å². The molecule has 0 aliphatic carbocycles. The van der Waals surface area contributed by atoms with Crippen LogP contribution in [0.1, 0.15) is 13.8 Å². The van der Waals surface area contributed by atoms with Crippen LogP contribution in [0, 0.1) is 5.92 Å². The summed E-state index contributed by atoms with van der Waals surface area (Å²) in [6, 6.07) is 2.88. The second-order valence-corrected chi connectivity index (χ2v) is 7.93. The van der Waals surface area contributed by atoms with Gasteiger partial charge in [-0.2, -0.15) is 4.31 Å². The summed E-state index contributed by atoms with van der Waals surface area (Å²) in [6.07, 6.45) is 1.78. The molecule has 1 amide bonds. The monoisotopic (exact) mass is 375 g/mol. The molecular formula is C15H22ClN3O4S. The highest BCUT2D eigenvalue weighted by molar-refractivity contribution is 7.89. The van der Waals surface area contributed by atoms with Crippen molar-refractivity contribution >= 4 is 27.5 Å². The number of halogens is 1. The molecule has 2 aliphatic heterocycles. The van der Waals surface area contributed by atoms with E-state index in [2.05, 4.69) is 4.98 Å². The quantitative estimate of drug-likeness (QED) is 0.742. The Balaban J connectivity index is 0.00000208. The Morgan fingerprint density at radius 1 is 1.25 bits per heavy atom. The molecule has 3 rings (SSSR count). The number of ether oxygens (including phenoxy) is 1. The fraction of sp³-hybridized carbons (Fsp3) is 0.600. The van der Waals surface area contributed by atoms with Crippen LogP contribution in [-0.4, -0.2) is 67.9 Å². The van der Waals surface area contributed by atoms with Gasteiger partial charge < -0.3 is 9.64 Å². The number of sulfonamides is 1. The van der Waals surface area contributed by atoms with Crippen LogP contribution in [0.5, 0.6) is 0 Å². The van der Waals surface area contributed by atoms with Crippen molar-refractivity contribution in [2.75, 3.05) is 39.4 Å². The van der Waals surface area contributed by atoms with Crippen molar-refractivity contribution in [2.45, 2.75) is 18.7 Å². The zero-order chi connectivity index (χ0) is 16.4. The van der Waals surface area contributed by atoms with E-state index in [1.54, 1.807) is 4.90 Å². The fourth-order valence-electron chi connectivity index (χ4n) is 2.85. The molecule has 0 spiro atoms. The average Bonchev–Trinajstić information content (AvgIpc) is 3.06. The Morgan fingerprint density at radius 3 is 2.58 bits per heavy atom. The van der Waals surface area contributed by atoms with Gasteiger partial charge in [0.1, 0.15) is 10.0 Å². The number of hydrogen-bond donors (Lipinski definition) is 0. The maximum atomic E-state index is 12.6. The highest BCUT2D eigenvalue weighted by Gasteiger charge is 2.37. The number of carbonyl (C=O) groups excluding carboxylic acids is 1. The van der Waals surface area contributed by atoms with Crippen molar-refractivity contribution in [3.63, 3.8) is 0 Å². The van der Waals surface area contributed by atoms with Gasteiger partial charge in [0, 0.05) is 32.4 Å². The molecule has 1 aromatic rings. The van der Waals surface area contributed by atoms with Gasteiger partial charge in [-0.25, -0.2) is 13.4 Å². The minimum absolute atomic E-state index is 0. The lowest BCUT2D eigenvalue weighted by molar-refractivity contribution is -0.139. The lowest BCUT2D eigenvalue weighted by Crippen LogP contribution is -2.44. The topological polar surface area (TPSA) is 79.8 Å². The van der Waals surface area contributed by atoms with E-state index in [0.29, 0.717) is 39.3 Å². The summed E-state index contributed by atoms with van der Waals surface area (Å²) >= 11 is 5.69. The summed E-state index contributed by atoms with van der Waals surface area (Å²) in [5, 5.41) is 0.241. The maximum Gasteiger partial charge on any atom is 0.244 e. The number of carbonyl (C=O) groups is 1. The summed E-state index contributed by atoms with van der Waals surface area (Å²) in [4.78, 5) is 18.1. The number of pyridine rings is 1. The fourth-order valence-corrected chi connectivity index (χ4v) is 4.41. The summed E-state index contributed by atoms with van der Waals surface area (Å²) in [7, 11) is -3.64. The summed E-state index contributed by atoms with van der Waals surface area (Å²) < 4.78 is 31.8. The molecule has 1 atom stereocenters. The molecule has 0 unspecified atom stereocenters. The second-order valence-electron chi connectivity index (χ2n) is 5.60. The molecule has 0 bridgehead atoms. The molecule has 24 heavy (non-hydrogen) atoms. The molecular weight excluding hydrogens is 354 g/mol. The molecule has 7 nitrogen and oxygen atoms in total. The number of hydrogen-bond acceptors (Lipinski definition) is 5. The lowest BCUT2D eigenvalue weighted by atomic mass is 10.1. The van der Waals surface area contributed by atoms with E-state index < -0.39 is 10.0 Å². The van der Waals surface area contributed by atoms with Crippen LogP contribution in [0.4, 0.5) is 0 Å². The Morgan fingerprint density at radius 2 is 1.96 bits per heavy atom. The normalized spacial score (nSPS) is 22.2. The van der Waals surface area contributed by atoms with E-state index in [1.807, 2.05) is 0 Å². The van der Waals surface area contributed by atoms with Crippen LogP contribution >= 0.6 is 11.6 Å². The van der Waals surface area contributed by atoms with Crippen molar-refractivity contribution < 1.29 is 17.9 Å². The summed E-state index contributed by atoms with van der Waals surface area (Å²) in [6.45, 7) is 2.77. The van der Waals surface area contributed by atoms with Crippen molar-refractivity contribution in [3.8, 4) is 0 Å². The third-order valence-corrected chi connectivity index (χ3v) is 6.23. The molecule has 0 aromatic carbocycles. The standard InChI is InChI=1S/C14H18ClN3O4S.CH4/c15-13-2-1-12(9-16-13)23(20,21)18-4-3-11(10-18)14(19)17-5-7-22-8-6-17;/h1-2,9,11H,3-8,10H2;1H4/t11-;/m0./s1. The Kier molecular flexibility index (Phi) is 6.19. The van der Waals surface area contributed by atoms with Crippen LogP contribution in [0.2, 0.25) is 5.15 Å². The lowest BCUT2D eigenvalue weighted by Gasteiger charge is -2.29. The van der Waals surface area contributed by atoms with Crippen molar-refractivity contribution in [2.24, 2.45) is 5.92 Å². The van der Waals surface area contributed by atoms with Gasteiger partial charge in [0.15, 0.2) is 0 Å². The van der Waals surface area contributed by atoms with Crippen LogP contribution in [-0.2, 0) is 19.6 Å². The number of rotatable bonds is 3. The highest BCUT2D eigenvalue weighted by Crippen LogP contribution is 2.26. The van der Waals surface area contributed by atoms with Gasteiger partial charge in [0.2, 0.25) is 15.9 Å². The van der Waals surface area contributed by atoms with Gasteiger partial charge in [0.05, 0.1) is 19.1 Å². The molecule has 0 radical (unpaired) electrons. The first-order chi connectivity index (χ1) is 11.0. The van der Waals surface area contributed by atoms with E-state index in [9.17, 15) is 13.2 Å². The minimum atomic E-state index is -3.64. The van der Waals surface area contributed by atoms with Gasteiger partial charge in [-0.15, -0.1) is 0 Å². The van der Waals surface area contributed by atoms with E-state index in [1.165, 1.54) is 22.6 Å². The largest absolute Gasteiger partial charge is 0.378 e. The van der Waals surface area contributed by atoms with E-state index in [0.717, 1.165) is 0 Å². The predicted molar refractivity (Wildman–Crippen MR) is 90.2 cm³/mol. The predicted octanol–water partition coefficient (Wildman–Crippen LogP) is 1.24. The molecule has 134 valence electrons. The Labute approximate surface area is 147 Å². The zero-order valence-corrected chi connectivity index (χ0v) is 14.1. The van der Waals surface area contributed by atoms with Crippen LogP contribution < -0.4 is 0 Å². The van der Waals surface area contributed by atoms with Crippen molar-refractivity contribution in [3.05, 3.63) is 23.5 Å². The molecule has 2 fully saturated rings. The van der Waals surface area contributed by atoms with E-state index in [4.69, 9.17) is 16.3 Å². The van der Waals surface area contributed by atoms with Gasteiger partial charge in [0.25, 0.3) is 0 Å². The Hall–Kier alpha value is -1.22. The SMILES string of the molecule is C.O=C([C@H]1CCN(S(=O)(=O)c2ccc(Cl)nc2)C1)N1CCOCC1. The zero-order valence-electron chi connectivity index (χ0n) is 12.5. The first-order valence-corrected chi connectivity index (χ1v) is 9.28. The average molecular weight is 376 g/mol. The molecule has 0 saturated carbocycles. The van der Waals surface area contributed by atoms with Crippen LogP contribution in [0.25, 0.3) is 0 Å². The smallest absolute Gasteiger partial charge is 0.244 e. The summed E-state index contributed by atoms with van der Waals surface area (Å²) in [5.74, 6) is -0.275. The van der Waals surface area contributed by atoms with Crippen LogP contribution in [0.15, 0.2) is 23.2 Å². The maximum absolute atomic E-state index is 12.6. The minimum Gasteiger partial charge on any atom is -0.378 e. The number of nitrogens with zero attached hydrogens (tertiary/aromatic N) is 3. The second kappa shape index (κ2) is 7.77. The van der Waals surface area contributed by atoms with Gasteiger partial charge in [-0.3, -0.25) is 4.79 Å². The number of aromatic nitrogens is 1. The molecule has 1 aromatic heterocycles. The molecule has 9 heteroatoms. The van der Waals surface area contributed by atoms with Gasteiger partial charge in [-0.1, -0.05) is 19.0 Å². The molecule has 0 N–H and O–H groups in total. The molecule has 2 aliphatic rings. The first kappa shape index (κ1) is 19.1. The van der Waals surface area contributed by atoms with Crippen LogP contribution in [0.3, 0.4) is 0 Å². The van der Waals surface area contributed by atoms with Crippen molar-refractivity contribution in [1.29, 1.82) is 0 Å². The number of morpholine rings is 1. The molecule has 3 heterocycles. The Bertz CT molecular complexity index is 674.